The van der Waals surface area contributed by atoms with Gasteiger partial charge in [-0.25, -0.2) is 4.79 Å². The van der Waals surface area contributed by atoms with E-state index in [1.54, 1.807) is 0 Å². The summed E-state index contributed by atoms with van der Waals surface area (Å²) in [5.74, 6) is -0.0265. The molecule has 2 rings (SSSR count). The van der Waals surface area contributed by atoms with Crippen molar-refractivity contribution in [1.29, 1.82) is 0 Å². The molecule has 0 radical (unpaired) electrons. The topological polar surface area (TPSA) is 76.7 Å². The number of nitrogens with one attached hydrogen (secondary N) is 2. The van der Waals surface area contributed by atoms with E-state index < -0.39 is 5.97 Å². The van der Waals surface area contributed by atoms with Crippen LogP contribution in [0.3, 0.4) is 0 Å². The number of methoxy groups -OCH3 is 1. The molecule has 0 saturated carbocycles. The summed E-state index contributed by atoms with van der Waals surface area (Å²) >= 11 is 6.05. The van der Waals surface area contributed by atoms with Gasteiger partial charge in [-0.1, -0.05) is 11.6 Å². The highest BCUT2D eigenvalue weighted by Crippen LogP contribution is 2.23. The molecular weight excluding hydrogens is 344 g/mol. The highest BCUT2D eigenvalue weighted by atomic mass is 35.5. The normalized spacial score (nSPS) is 10.0. The third-order valence-corrected chi connectivity index (χ3v) is 3.61. The number of anilines is 2. The Morgan fingerprint density at radius 3 is 2.48 bits per heavy atom. The summed E-state index contributed by atoms with van der Waals surface area (Å²) in [6.07, 6.45) is 0. The van der Waals surface area contributed by atoms with Crippen molar-refractivity contribution in [1.82, 2.24) is 0 Å². The maximum atomic E-state index is 12.1. The van der Waals surface area contributed by atoms with Crippen LogP contribution in [0.2, 0.25) is 5.02 Å². The minimum Gasteiger partial charge on any atom is -0.494 e. The summed E-state index contributed by atoms with van der Waals surface area (Å²) in [5, 5.41) is 6.00. The van der Waals surface area contributed by atoms with Crippen LogP contribution in [-0.4, -0.2) is 32.1 Å². The van der Waals surface area contributed by atoms with Gasteiger partial charge in [-0.15, -0.1) is 0 Å². The SMILES string of the molecule is CCOc1ccc(NCC(=O)Nc2cc(C(=O)OC)ccc2Cl)cc1. The Hall–Kier alpha value is -2.73. The molecule has 2 N–H and O–H groups in total. The number of hydrogen-bond donors (Lipinski definition) is 2. The van der Waals surface area contributed by atoms with Crippen molar-refractivity contribution in [3.8, 4) is 5.75 Å². The van der Waals surface area contributed by atoms with E-state index in [2.05, 4.69) is 15.4 Å². The molecule has 2 aromatic carbocycles. The molecule has 0 atom stereocenters. The van der Waals surface area contributed by atoms with Crippen LogP contribution in [0, 0.1) is 0 Å². The Morgan fingerprint density at radius 2 is 1.84 bits per heavy atom. The van der Waals surface area contributed by atoms with Crippen molar-refractivity contribution in [3.05, 3.63) is 53.1 Å². The minimum atomic E-state index is -0.500. The van der Waals surface area contributed by atoms with Crippen molar-refractivity contribution in [2.45, 2.75) is 6.92 Å². The Balaban J connectivity index is 1.94. The summed E-state index contributed by atoms with van der Waals surface area (Å²) in [5.41, 5.74) is 1.44. The molecule has 7 heteroatoms. The van der Waals surface area contributed by atoms with E-state index in [1.165, 1.54) is 25.3 Å². The van der Waals surface area contributed by atoms with Gasteiger partial charge in [0.25, 0.3) is 0 Å². The zero-order valence-corrected chi connectivity index (χ0v) is 14.7. The van der Waals surface area contributed by atoms with Crippen LogP contribution < -0.4 is 15.4 Å². The maximum Gasteiger partial charge on any atom is 0.337 e. The van der Waals surface area contributed by atoms with Crippen LogP contribution >= 0.6 is 11.6 Å². The first kappa shape index (κ1) is 18.6. The van der Waals surface area contributed by atoms with E-state index in [-0.39, 0.29) is 12.5 Å². The molecule has 0 unspecified atom stereocenters. The molecule has 0 spiro atoms. The second-order valence-electron chi connectivity index (χ2n) is 5.05. The van der Waals surface area contributed by atoms with Gasteiger partial charge in [-0.2, -0.15) is 0 Å². The molecule has 0 aromatic heterocycles. The Morgan fingerprint density at radius 1 is 1.12 bits per heavy atom. The van der Waals surface area contributed by atoms with E-state index in [4.69, 9.17) is 16.3 Å². The van der Waals surface area contributed by atoms with Crippen LogP contribution in [0.4, 0.5) is 11.4 Å². The fourth-order valence-electron chi connectivity index (χ4n) is 2.08. The zero-order valence-electron chi connectivity index (χ0n) is 14.0. The van der Waals surface area contributed by atoms with Crippen LogP contribution in [0.5, 0.6) is 5.75 Å². The van der Waals surface area contributed by atoms with E-state index in [1.807, 2.05) is 31.2 Å². The fourth-order valence-corrected chi connectivity index (χ4v) is 2.24. The van der Waals surface area contributed by atoms with Crippen molar-refractivity contribution in [3.63, 3.8) is 0 Å². The molecule has 0 fully saturated rings. The molecule has 25 heavy (non-hydrogen) atoms. The number of benzene rings is 2. The third-order valence-electron chi connectivity index (χ3n) is 3.28. The molecule has 0 saturated heterocycles. The van der Waals surface area contributed by atoms with Crippen molar-refractivity contribution >= 4 is 34.9 Å². The minimum absolute atomic E-state index is 0.0484. The van der Waals surface area contributed by atoms with Crippen LogP contribution in [0.15, 0.2) is 42.5 Å². The lowest BCUT2D eigenvalue weighted by Crippen LogP contribution is -2.22. The molecule has 0 aliphatic carbocycles. The predicted molar refractivity (Wildman–Crippen MR) is 97.5 cm³/mol. The predicted octanol–water partition coefficient (Wildman–Crippen LogP) is 3.58. The van der Waals surface area contributed by atoms with Crippen molar-refractivity contribution < 1.29 is 19.1 Å². The van der Waals surface area contributed by atoms with Gasteiger partial charge in [0.05, 0.1) is 36.5 Å². The molecule has 0 aliphatic rings. The first-order chi connectivity index (χ1) is 12.0. The summed E-state index contributed by atoms with van der Waals surface area (Å²) in [6.45, 7) is 2.56. The number of amides is 1. The lowest BCUT2D eigenvalue weighted by Gasteiger charge is -2.11. The first-order valence-electron chi connectivity index (χ1n) is 7.68. The number of halogens is 1. The summed E-state index contributed by atoms with van der Waals surface area (Å²) in [7, 11) is 1.29. The largest absolute Gasteiger partial charge is 0.494 e. The fraction of sp³-hybridized carbons (Fsp3) is 0.222. The number of rotatable bonds is 7. The number of carbonyl (C=O) groups is 2. The quantitative estimate of drug-likeness (QED) is 0.736. The number of hydrogen-bond acceptors (Lipinski definition) is 5. The van der Waals surface area contributed by atoms with Crippen molar-refractivity contribution in [2.75, 3.05) is 30.9 Å². The number of carbonyl (C=O) groups excluding carboxylic acids is 2. The van der Waals surface area contributed by atoms with Gasteiger partial charge in [0.2, 0.25) is 5.91 Å². The first-order valence-corrected chi connectivity index (χ1v) is 8.05. The van der Waals surface area contributed by atoms with E-state index in [0.29, 0.717) is 22.9 Å². The maximum absolute atomic E-state index is 12.1. The Kier molecular flexibility index (Phi) is 6.65. The van der Waals surface area contributed by atoms with E-state index in [0.717, 1.165) is 11.4 Å². The van der Waals surface area contributed by atoms with E-state index in [9.17, 15) is 9.59 Å². The van der Waals surface area contributed by atoms with Crippen LogP contribution in [0.1, 0.15) is 17.3 Å². The van der Waals surface area contributed by atoms with E-state index >= 15 is 0 Å². The van der Waals surface area contributed by atoms with Gasteiger partial charge in [-0.3, -0.25) is 4.79 Å². The highest BCUT2D eigenvalue weighted by molar-refractivity contribution is 6.33. The van der Waals surface area contributed by atoms with Gasteiger partial charge in [0.15, 0.2) is 0 Å². The number of esters is 1. The Bertz CT molecular complexity index is 747. The lowest BCUT2D eigenvalue weighted by atomic mass is 10.2. The monoisotopic (exact) mass is 362 g/mol. The smallest absolute Gasteiger partial charge is 0.337 e. The Labute approximate surface area is 151 Å². The van der Waals surface area contributed by atoms with Crippen molar-refractivity contribution in [2.24, 2.45) is 0 Å². The van der Waals surface area contributed by atoms with Gasteiger partial charge in [-0.05, 0) is 49.4 Å². The molecule has 0 bridgehead atoms. The average Bonchev–Trinajstić information content (AvgIpc) is 2.62. The molecule has 0 aliphatic heterocycles. The molecule has 6 nitrogen and oxygen atoms in total. The number of ether oxygens (including phenoxy) is 2. The molecule has 1 amide bonds. The summed E-state index contributed by atoms with van der Waals surface area (Å²) < 4.78 is 10.0. The van der Waals surface area contributed by atoms with Gasteiger partial charge < -0.3 is 20.1 Å². The molecule has 0 heterocycles. The average molecular weight is 363 g/mol. The van der Waals surface area contributed by atoms with Gasteiger partial charge in [0, 0.05) is 5.69 Å². The lowest BCUT2D eigenvalue weighted by molar-refractivity contribution is -0.114. The molecule has 132 valence electrons. The second kappa shape index (κ2) is 8.94. The second-order valence-corrected chi connectivity index (χ2v) is 5.45. The molecular formula is C18H19ClN2O4. The summed E-state index contributed by atoms with van der Waals surface area (Å²) in [4.78, 5) is 23.6. The zero-order chi connectivity index (χ0) is 18.2. The van der Waals surface area contributed by atoms with Gasteiger partial charge in [0.1, 0.15) is 5.75 Å². The van der Waals surface area contributed by atoms with Gasteiger partial charge >= 0.3 is 5.97 Å². The van der Waals surface area contributed by atoms with Crippen LogP contribution in [-0.2, 0) is 9.53 Å². The summed E-state index contributed by atoms with van der Waals surface area (Å²) in [6, 6.07) is 11.8. The third kappa shape index (κ3) is 5.39. The molecule has 2 aromatic rings. The van der Waals surface area contributed by atoms with Crippen LogP contribution in [0.25, 0.3) is 0 Å². The highest BCUT2D eigenvalue weighted by Gasteiger charge is 2.11. The standard InChI is InChI=1S/C18H19ClN2O4/c1-3-25-14-7-5-13(6-8-14)20-11-17(22)21-16-10-12(18(23)24-2)4-9-15(16)19/h4-10,20H,3,11H2,1-2H3,(H,21,22).